The monoisotopic (exact) mass is 520 g/mol. The number of anilines is 1. The number of rotatable bonds is 6. The number of methoxy groups -OCH3 is 1. The van der Waals surface area contributed by atoms with E-state index in [-0.39, 0.29) is 35.2 Å². The van der Waals surface area contributed by atoms with Gasteiger partial charge in [-0.15, -0.1) is 0 Å². The van der Waals surface area contributed by atoms with Gasteiger partial charge >= 0.3 is 5.97 Å². The maximum absolute atomic E-state index is 12.9. The molecule has 204 valence electrons. The highest BCUT2D eigenvalue weighted by atomic mass is 16.6. The number of nitrogens with zero attached hydrogens (tertiary/aromatic N) is 2. The van der Waals surface area contributed by atoms with E-state index in [0.717, 1.165) is 48.9 Å². The summed E-state index contributed by atoms with van der Waals surface area (Å²) in [5, 5.41) is 12.7. The van der Waals surface area contributed by atoms with Gasteiger partial charge in [0.2, 0.25) is 0 Å². The lowest BCUT2D eigenvalue weighted by Gasteiger charge is -2.55. The Morgan fingerprint density at radius 3 is 2.58 bits per heavy atom. The molecule has 7 nitrogen and oxygen atoms in total. The second-order valence-electron chi connectivity index (χ2n) is 12.0. The fourth-order valence-corrected chi connectivity index (χ4v) is 8.19. The lowest BCUT2D eigenvalue weighted by molar-refractivity contribution is -0.179. The Balaban J connectivity index is 1.67. The molecule has 0 aliphatic heterocycles. The van der Waals surface area contributed by atoms with Crippen molar-refractivity contribution >= 4 is 23.2 Å². The van der Waals surface area contributed by atoms with Crippen molar-refractivity contribution in [3.63, 3.8) is 0 Å². The standard InChI is InChI=1S/C31H40N2O5/c1-19(34)38-31(14-15-37-5)13-12-26-23-11-8-21-16-27(32-36)28(35)17-24(21)29(23)25(18-30(26,31)2)20-6-9-22(10-7-20)33(3)4/h6-7,9-10,16,23,25-26,36H,8,11-15,17-18H2,1-5H3/t23-,25+,26-,30-,31-/m0/s1. The molecule has 4 aliphatic carbocycles. The summed E-state index contributed by atoms with van der Waals surface area (Å²) in [6.07, 6.45) is 7.24. The third-order valence-corrected chi connectivity index (χ3v) is 9.97. The topological polar surface area (TPSA) is 88.4 Å². The fourth-order valence-electron chi connectivity index (χ4n) is 8.19. The number of fused-ring (bicyclic) bond motifs is 4. The molecule has 1 aromatic carbocycles. The Kier molecular flexibility index (Phi) is 7.01. The van der Waals surface area contributed by atoms with Gasteiger partial charge in [-0.3, -0.25) is 9.59 Å². The van der Waals surface area contributed by atoms with Gasteiger partial charge in [-0.2, -0.15) is 0 Å². The van der Waals surface area contributed by atoms with Crippen LogP contribution in [0.1, 0.15) is 70.3 Å². The van der Waals surface area contributed by atoms with Crippen molar-refractivity contribution < 1.29 is 24.3 Å². The Hall–Kier alpha value is -2.93. The summed E-state index contributed by atoms with van der Waals surface area (Å²) in [6, 6.07) is 8.75. The van der Waals surface area contributed by atoms with Crippen LogP contribution in [0.3, 0.4) is 0 Å². The van der Waals surface area contributed by atoms with Gasteiger partial charge in [0.15, 0.2) is 5.78 Å². The summed E-state index contributed by atoms with van der Waals surface area (Å²) < 4.78 is 11.8. The zero-order valence-electron chi connectivity index (χ0n) is 23.3. The van der Waals surface area contributed by atoms with Crippen molar-refractivity contribution in [2.45, 2.75) is 70.3 Å². The van der Waals surface area contributed by atoms with Crippen molar-refractivity contribution in [1.82, 2.24) is 0 Å². The SMILES string of the molecule is COCC[C@@]1(OC(C)=O)CC[C@H]2[C@@H]3CCC4=CC(=NO)C(=O)CC4=C3[C@@H](c3ccc(N(C)C)cc3)C[C@@]21C. The Bertz CT molecular complexity index is 1210. The van der Waals surface area contributed by atoms with Gasteiger partial charge in [0.25, 0.3) is 0 Å². The molecule has 0 unspecified atom stereocenters. The van der Waals surface area contributed by atoms with E-state index >= 15 is 0 Å². The number of carbonyl (C=O) groups is 2. The molecule has 0 spiro atoms. The first kappa shape index (κ1) is 26.7. The zero-order chi connectivity index (χ0) is 27.2. The molecule has 0 amide bonds. The molecule has 0 aromatic heterocycles. The number of Topliss-reactive ketones (excluding diaryl/α,β-unsaturated/α-hetero) is 1. The van der Waals surface area contributed by atoms with Gasteiger partial charge in [0.05, 0.1) is 6.61 Å². The number of esters is 1. The van der Waals surface area contributed by atoms with Crippen LogP contribution >= 0.6 is 0 Å². The minimum atomic E-state index is -0.577. The largest absolute Gasteiger partial charge is 0.459 e. The molecule has 0 bridgehead atoms. The molecule has 38 heavy (non-hydrogen) atoms. The van der Waals surface area contributed by atoms with Gasteiger partial charge in [0, 0.05) is 58.0 Å². The predicted octanol–water partition coefficient (Wildman–Crippen LogP) is 5.43. The van der Waals surface area contributed by atoms with Crippen molar-refractivity contribution in [1.29, 1.82) is 0 Å². The average Bonchev–Trinajstić information content (AvgIpc) is 3.17. The summed E-state index contributed by atoms with van der Waals surface area (Å²) in [6.45, 7) is 4.39. The maximum atomic E-state index is 12.9. The van der Waals surface area contributed by atoms with Crippen LogP contribution in [0.5, 0.6) is 0 Å². The first-order valence-electron chi connectivity index (χ1n) is 13.8. The van der Waals surface area contributed by atoms with E-state index in [1.807, 2.05) is 14.1 Å². The molecule has 0 heterocycles. The number of benzene rings is 1. The van der Waals surface area contributed by atoms with E-state index < -0.39 is 5.60 Å². The normalized spacial score (nSPS) is 33.4. The van der Waals surface area contributed by atoms with Gasteiger partial charge in [-0.1, -0.05) is 29.8 Å². The third-order valence-electron chi connectivity index (χ3n) is 9.97. The molecule has 2 saturated carbocycles. The van der Waals surface area contributed by atoms with Gasteiger partial charge in [-0.05, 0) is 78.9 Å². The Morgan fingerprint density at radius 1 is 1.21 bits per heavy atom. The summed E-state index contributed by atoms with van der Waals surface area (Å²) in [7, 11) is 5.78. The van der Waals surface area contributed by atoms with E-state index in [1.54, 1.807) is 13.2 Å². The second-order valence-corrected chi connectivity index (χ2v) is 12.0. The number of allylic oxidation sites excluding steroid dienone is 4. The number of hydrogen-bond acceptors (Lipinski definition) is 7. The summed E-state index contributed by atoms with van der Waals surface area (Å²) in [5.41, 5.74) is 5.37. The number of ketones is 1. The van der Waals surface area contributed by atoms with E-state index in [2.05, 4.69) is 41.2 Å². The molecular weight excluding hydrogens is 480 g/mol. The highest BCUT2D eigenvalue weighted by Crippen LogP contribution is 2.68. The van der Waals surface area contributed by atoms with E-state index in [1.165, 1.54) is 18.1 Å². The molecule has 0 radical (unpaired) electrons. The third kappa shape index (κ3) is 4.19. The second kappa shape index (κ2) is 9.99. The van der Waals surface area contributed by atoms with Crippen LogP contribution < -0.4 is 4.90 Å². The first-order chi connectivity index (χ1) is 18.1. The molecule has 0 saturated heterocycles. The smallest absolute Gasteiger partial charge is 0.303 e. The number of hydrogen-bond donors (Lipinski definition) is 1. The Morgan fingerprint density at radius 2 is 1.95 bits per heavy atom. The van der Waals surface area contributed by atoms with Gasteiger partial charge < -0.3 is 19.6 Å². The van der Waals surface area contributed by atoms with Crippen LogP contribution in [-0.4, -0.2) is 56.1 Å². The van der Waals surface area contributed by atoms with Crippen LogP contribution in [0, 0.1) is 17.3 Å². The number of oxime groups is 1. The summed E-state index contributed by atoms with van der Waals surface area (Å²) in [4.78, 5) is 27.4. The van der Waals surface area contributed by atoms with Crippen LogP contribution in [0.25, 0.3) is 0 Å². The fraction of sp³-hybridized carbons (Fsp3) is 0.581. The Labute approximate surface area is 225 Å². The quantitative estimate of drug-likeness (QED) is 0.306. The molecular formula is C31H40N2O5. The maximum Gasteiger partial charge on any atom is 0.303 e. The average molecular weight is 521 g/mol. The lowest BCUT2D eigenvalue weighted by atomic mass is 9.50. The van der Waals surface area contributed by atoms with Crippen molar-refractivity contribution in [2.75, 3.05) is 32.7 Å². The summed E-state index contributed by atoms with van der Waals surface area (Å²) in [5.74, 6) is 0.395. The van der Waals surface area contributed by atoms with Crippen LogP contribution in [0.15, 0.2) is 52.2 Å². The molecule has 1 N–H and O–H groups in total. The molecule has 5 atom stereocenters. The van der Waals surface area contributed by atoms with Crippen LogP contribution in [0.4, 0.5) is 5.69 Å². The molecule has 2 fully saturated rings. The molecule has 4 aliphatic rings. The molecule has 7 heteroatoms. The van der Waals surface area contributed by atoms with Crippen LogP contribution in [0.2, 0.25) is 0 Å². The van der Waals surface area contributed by atoms with Crippen molar-refractivity contribution in [3.05, 3.63) is 52.6 Å². The van der Waals surface area contributed by atoms with Gasteiger partial charge in [-0.25, -0.2) is 0 Å². The predicted molar refractivity (Wildman–Crippen MR) is 147 cm³/mol. The van der Waals surface area contributed by atoms with Gasteiger partial charge in [0.1, 0.15) is 11.3 Å². The van der Waals surface area contributed by atoms with Crippen molar-refractivity contribution in [2.24, 2.45) is 22.4 Å². The number of ether oxygens (including phenoxy) is 2. The zero-order valence-corrected chi connectivity index (χ0v) is 23.3. The molecule has 5 rings (SSSR count). The molecule has 1 aromatic rings. The summed E-state index contributed by atoms with van der Waals surface area (Å²) >= 11 is 0. The minimum Gasteiger partial charge on any atom is -0.459 e. The lowest BCUT2D eigenvalue weighted by Crippen LogP contribution is -2.54. The van der Waals surface area contributed by atoms with E-state index in [4.69, 9.17) is 9.47 Å². The first-order valence-corrected chi connectivity index (χ1v) is 13.8. The van der Waals surface area contributed by atoms with Crippen LogP contribution in [-0.2, 0) is 19.1 Å². The minimum absolute atomic E-state index is 0.104. The highest BCUT2D eigenvalue weighted by molar-refractivity contribution is 6.45. The van der Waals surface area contributed by atoms with E-state index in [0.29, 0.717) is 24.9 Å². The van der Waals surface area contributed by atoms with E-state index in [9.17, 15) is 14.8 Å². The van der Waals surface area contributed by atoms with Crippen molar-refractivity contribution in [3.8, 4) is 0 Å². The highest BCUT2D eigenvalue weighted by Gasteiger charge is 2.64. The number of carbonyl (C=O) groups excluding carboxylic acids is 2.